The summed E-state index contributed by atoms with van der Waals surface area (Å²) in [5.41, 5.74) is 5.61. The summed E-state index contributed by atoms with van der Waals surface area (Å²) >= 11 is 0. The first-order valence-corrected chi connectivity index (χ1v) is 6.84. The normalized spacial score (nSPS) is 19.0. The van der Waals surface area contributed by atoms with Gasteiger partial charge in [0.15, 0.2) is 0 Å². The molecule has 1 amide bonds. The second-order valence-corrected chi connectivity index (χ2v) is 5.84. The maximum atomic E-state index is 11.5. The van der Waals surface area contributed by atoms with Crippen molar-refractivity contribution in [2.75, 3.05) is 12.8 Å². The highest BCUT2D eigenvalue weighted by molar-refractivity contribution is 7.84. The number of nitrogens with one attached hydrogen (secondary N) is 1. The molecule has 0 rings (SSSR count). The van der Waals surface area contributed by atoms with E-state index in [1.165, 1.54) is 0 Å². The Morgan fingerprint density at radius 2 is 1.93 bits per heavy atom. The minimum absolute atomic E-state index is 0.0286. The molecule has 15 heavy (non-hydrogen) atoms. The van der Waals surface area contributed by atoms with E-state index in [1.807, 2.05) is 13.8 Å². The lowest BCUT2D eigenvalue weighted by atomic mass is 10.0. The number of hydrogen-bond acceptors (Lipinski definition) is 3. The number of carbonyl (C=O) groups is 1. The molecular weight excluding hydrogens is 212 g/mol. The molecular formula is C10H22N2O2S. The van der Waals surface area contributed by atoms with Crippen molar-refractivity contribution in [3.8, 4) is 0 Å². The summed E-state index contributed by atoms with van der Waals surface area (Å²) in [6, 6.07) is -0.136. The summed E-state index contributed by atoms with van der Waals surface area (Å²) in [5.74, 6) is -0.202. The van der Waals surface area contributed by atoms with Gasteiger partial charge in [-0.15, -0.1) is 0 Å². The van der Waals surface area contributed by atoms with Crippen LogP contribution in [0.4, 0.5) is 0 Å². The molecule has 4 unspecified atom stereocenters. The zero-order chi connectivity index (χ0) is 12.0. The standard InChI is InChI=1S/C10H22N2O2S/c1-7(15(4)14)5-6-12-10(13)8(2)9(3)11/h7-9H,5-6,11H2,1-4H3,(H,12,13). The maximum absolute atomic E-state index is 11.5. The fraction of sp³-hybridized carbons (Fsp3) is 0.900. The van der Waals surface area contributed by atoms with Crippen LogP contribution in [0.25, 0.3) is 0 Å². The van der Waals surface area contributed by atoms with E-state index in [0.717, 1.165) is 6.42 Å². The number of amides is 1. The highest BCUT2D eigenvalue weighted by atomic mass is 32.2. The first-order valence-electron chi connectivity index (χ1n) is 5.21. The van der Waals surface area contributed by atoms with Crippen molar-refractivity contribution in [1.29, 1.82) is 0 Å². The first-order chi connectivity index (χ1) is 6.86. The third kappa shape index (κ3) is 5.89. The van der Waals surface area contributed by atoms with Crippen LogP contribution in [0, 0.1) is 5.92 Å². The smallest absolute Gasteiger partial charge is 0.224 e. The third-order valence-electron chi connectivity index (χ3n) is 2.62. The predicted molar refractivity (Wildman–Crippen MR) is 64.0 cm³/mol. The molecule has 0 aliphatic rings. The summed E-state index contributed by atoms with van der Waals surface area (Å²) in [4.78, 5) is 11.5. The Balaban J connectivity index is 3.78. The molecule has 0 heterocycles. The van der Waals surface area contributed by atoms with E-state index in [0.29, 0.717) is 6.54 Å². The number of nitrogens with two attached hydrogens (primary N) is 1. The van der Waals surface area contributed by atoms with E-state index in [1.54, 1.807) is 13.2 Å². The van der Waals surface area contributed by atoms with Gasteiger partial charge in [-0.2, -0.15) is 0 Å². The van der Waals surface area contributed by atoms with Crippen LogP contribution in [-0.4, -0.2) is 34.2 Å². The molecule has 4 nitrogen and oxygen atoms in total. The molecule has 0 saturated heterocycles. The lowest BCUT2D eigenvalue weighted by Gasteiger charge is -2.16. The first kappa shape index (κ1) is 14.6. The van der Waals surface area contributed by atoms with Gasteiger partial charge in [-0.1, -0.05) is 13.8 Å². The molecule has 4 atom stereocenters. The molecule has 5 heteroatoms. The van der Waals surface area contributed by atoms with Crippen molar-refractivity contribution in [1.82, 2.24) is 5.32 Å². The molecule has 0 aromatic rings. The highest BCUT2D eigenvalue weighted by Crippen LogP contribution is 2.01. The minimum Gasteiger partial charge on any atom is -0.356 e. The van der Waals surface area contributed by atoms with Crippen LogP contribution >= 0.6 is 0 Å². The van der Waals surface area contributed by atoms with Gasteiger partial charge in [-0.3, -0.25) is 9.00 Å². The molecule has 0 bridgehead atoms. The van der Waals surface area contributed by atoms with Crippen molar-refractivity contribution in [2.24, 2.45) is 11.7 Å². The molecule has 0 aliphatic carbocycles. The van der Waals surface area contributed by atoms with Crippen LogP contribution in [0.15, 0.2) is 0 Å². The second-order valence-electron chi connectivity index (χ2n) is 4.04. The van der Waals surface area contributed by atoms with Crippen molar-refractivity contribution in [2.45, 2.75) is 38.5 Å². The van der Waals surface area contributed by atoms with E-state index < -0.39 is 10.8 Å². The quantitative estimate of drug-likeness (QED) is 0.691. The van der Waals surface area contributed by atoms with E-state index >= 15 is 0 Å². The van der Waals surface area contributed by atoms with Crippen molar-refractivity contribution in [3.63, 3.8) is 0 Å². The van der Waals surface area contributed by atoms with Gasteiger partial charge >= 0.3 is 0 Å². The summed E-state index contributed by atoms with van der Waals surface area (Å²) in [6.45, 7) is 6.10. The van der Waals surface area contributed by atoms with E-state index in [9.17, 15) is 9.00 Å². The fourth-order valence-electron chi connectivity index (χ4n) is 0.964. The Morgan fingerprint density at radius 3 is 2.33 bits per heavy atom. The van der Waals surface area contributed by atoms with E-state index in [-0.39, 0.29) is 23.1 Å². The lowest BCUT2D eigenvalue weighted by molar-refractivity contribution is -0.124. The Kier molecular flexibility index (Phi) is 6.76. The van der Waals surface area contributed by atoms with Crippen molar-refractivity contribution >= 4 is 16.7 Å². The van der Waals surface area contributed by atoms with E-state index in [2.05, 4.69) is 5.32 Å². The summed E-state index contributed by atoms with van der Waals surface area (Å²) in [6.07, 6.45) is 2.41. The van der Waals surface area contributed by atoms with Gasteiger partial charge < -0.3 is 11.1 Å². The lowest BCUT2D eigenvalue weighted by Crippen LogP contribution is -2.39. The van der Waals surface area contributed by atoms with Gasteiger partial charge in [0.2, 0.25) is 5.91 Å². The summed E-state index contributed by atoms with van der Waals surface area (Å²) < 4.78 is 11.0. The van der Waals surface area contributed by atoms with Crippen molar-refractivity contribution in [3.05, 3.63) is 0 Å². The average molecular weight is 234 g/mol. The predicted octanol–water partition coefficient (Wildman–Crippen LogP) is 0.243. The molecule has 0 spiro atoms. The summed E-state index contributed by atoms with van der Waals surface area (Å²) in [7, 11) is -0.821. The van der Waals surface area contributed by atoms with Gasteiger partial charge in [0, 0.05) is 40.8 Å². The SMILES string of the molecule is CC(N)C(C)C(=O)NCCC(C)S(C)=O. The molecule has 3 N–H and O–H groups in total. The van der Waals surface area contributed by atoms with Gasteiger partial charge in [0.05, 0.1) is 0 Å². The van der Waals surface area contributed by atoms with Gasteiger partial charge in [-0.25, -0.2) is 0 Å². The molecule has 0 aromatic heterocycles. The maximum Gasteiger partial charge on any atom is 0.224 e. The Hall–Kier alpha value is -0.420. The number of carbonyl (C=O) groups excluding carboxylic acids is 1. The van der Waals surface area contributed by atoms with Crippen LogP contribution in [0.1, 0.15) is 27.2 Å². The van der Waals surface area contributed by atoms with Crippen LogP contribution < -0.4 is 11.1 Å². The molecule has 0 saturated carbocycles. The molecule has 0 aromatic carbocycles. The minimum atomic E-state index is -0.821. The molecule has 0 fully saturated rings. The summed E-state index contributed by atoms with van der Waals surface area (Å²) in [5, 5.41) is 2.92. The van der Waals surface area contributed by atoms with Gasteiger partial charge in [-0.05, 0) is 13.3 Å². The number of rotatable bonds is 6. The topological polar surface area (TPSA) is 72.2 Å². The molecule has 0 aliphatic heterocycles. The van der Waals surface area contributed by atoms with Crippen LogP contribution in [0.2, 0.25) is 0 Å². The van der Waals surface area contributed by atoms with Crippen LogP contribution in [0.5, 0.6) is 0 Å². The highest BCUT2D eigenvalue weighted by Gasteiger charge is 2.16. The average Bonchev–Trinajstić information content (AvgIpc) is 2.15. The van der Waals surface area contributed by atoms with Crippen LogP contribution in [0.3, 0.4) is 0 Å². The second kappa shape index (κ2) is 6.95. The van der Waals surface area contributed by atoms with Gasteiger partial charge in [0.1, 0.15) is 0 Å². The molecule has 0 radical (unpaired) electrons. The van der Waals surface area contributed by atoms with Crippen molar-refractivity contribution < 1.29 is 9.00 Å². The zero-order valence-corrected chi connectivity index (χ0v) is 10.8. The number of hydrogen-bond donors (Lipinski definition) is 2. The largest absolute Gasteiger partial charge is 0.356 e. The Morgan fingerprint density at radius 1 is 1.40 bits per heavy atom. The fourth-order valence-corrected chi connectivity index (χ4v) is 1.41. The van der Waals surface area contributed by atoms with Gasteiger partial charge in [0.25, 0.3) is 0 Å². The Labute approximate surface area is 94.4 Å². The zero-order valence-electron chi connectivity index (χ0n) is 9.95. The molecule has 90 valence electrons. The monoisotopic (exact) mass is 234 g/mol. The third-order valence-corrected chi connectivity index (χ3v) is 3.99. The van der Waals surface area contributed by atoms with E-state index in [4.69, 9.17) is 5.73 Å². The Bertz CT molecular complexity index is 231. The van der Waals surface area contributed by atoms with Crippen LogP contribution in [-0.2, 0) is 15.6 Å².